The predicted octanol–water partition coefficient (Wildman–Crippen LogP) is 4.67. The van der Waals surface area contributed by atoms with E-state index in [-0.39, 0.29) is 0 Å². The lowest BCUT2D eigenvalue weighted by Gasteiger charge is -2.08. The SMILES string of the molecule is Cc1cccc(CC(O)c2cc3cccc(Cl)c3o2)c1. The first-order valence-corrected chi connectivity index (χ1v) is 6.93. The molecule has 3 aromatic rings. The summed E-state index contributed by atoms with van der Waals surface area (Å²) in [5, 5.41) is 11.8. The zero-order valence-corrected chi connectivity index (χ0v) is 11.9. The van der Waals surface area contributed by atoms with E-state index < -0.39 is 6.10 Å². The van der Waals surface area contributed by atoms with Gasteiger partial charge in [0.2, 0.25) is 0 Å². The smallest absolute Gasteiger partial charge is 0.152 e. The molecule has 102 valence electrons. The van der Waals surface area contributed by atoms with Gasteiger partial charge in [0.1, 0.15) is 11.9 Å². The number of aliphatic hydroxyl groups is 1. The second kappa shape index (κ2) is 5.31. The van der Waals surface area contributed by atoms with Gasteiger partial charge >= 0.3 is 0 Å². The molecule has 0 fully saturated rings. The summed E-state index contributed by atoms with van der Waals surface area (Å²) >= 11 is 6.08. The third kappa shape index (κ3) is 2.58. The number of furan rings is 1. The summed E-state index contributed by atoms with van der Waals surface area (Å²) in [6.07, 6.45) is -0.140. The Morgan fingerprint density at radius 2 is 1.95 bits per heavy atom. The van der Waals surface area contributed by atoms with Crippen LogP contribution >= 0.6 is 11.6 Å². The van der Waals surface area contributed by atoms with Crippen molar-refractivity contribution >= 4 is 22.6 Å². The van der Waals surface area contributed by atoms with Crippen molar-refractivity contribution in [2.75, 3.05) is 0 Å². The van der Waals surface area contributed by atoms with Crippen LogP contribution in [0.2, 0.25) is 5.02 Å². The van der Waals surface area contributed by atoms with Gasteiger partial charge in [-0.3, -0.25) is 0 Å². The monoisotopic (exact) mass is 286 g/mol. The van der Waals surface area contributed by atoms with Crippen LogP contribution in [0.3, 0.4) is 0 Å². The van der Waals surface area contributed by atoms with E-state index >= 15 is 0 Å². The molecule has 2 nitrogen and oxygen atoms in total. The molecule has 0 aliphatic heterocycles. The summed E-state index contributed by atoms with van der Waals surface area (Å²) in [5.74, 6) is 0.551. The predicted molar refractivity (Wildman–Crippen MR) is 81.1 cm³/mol. The number of benzene rings is 2. The highest BCUT2D eigenvalue weighted by Crippen LogP contribution is 2.30. The van der Waals surface area contributed by atoms with Crippen LogP contribution in [0.5, 0.6) is 0 Å². The Bertz CT molecular complexity index is 746. The summed E-state index contributed by atoms with van der Waals surface area (Å²) in [6.45, 7) is 2.04. The van der Waals surface area contributed by atoms with Crippen LogP contribution in [0.25, 0.3) is 11.0 Å². The summed E-state index contributed by atoms with van der Waals surface area (Å²) in [6, 6.07) is 15.5. The minimum Gasteiger partial charge on any atom is -0.457 e. The summed E-state index contributed by atoms with van der Waals surface area (Å²) in [5.41, 5.74) is 2.90. The zero-order chi connectivity index (χ0) is 14.1. The Morgan fingerprint density at radius 3 is 2.70 bits per heavy atom. The third-order valence-corrected chi connectivity index (χ3v) is 3.65. The van der Waals surface area contributed by atoms with E-state index in [1.54, 1.807) is 6.07 Å². The van der Waals surface area contributed by atoms with Crippen molar-refractivity contribution in [3.05, 3.63) is 70.4 Å². The van der Waals surface area contributed by atoms with Gasteiger partial charge in [-0.05, 0) is 24.6 Å². The maximum atomic E-state index is 10.3. The van der Waals surface area contributed by atoms with Gasteiger partial charge in [0.25, 0.3) is 0 Å². The summed E-state index contributed by atoms with van der Waals surface area (Å²) in [7, 11) is 0. The van der Waals surface area contributed by atoms with Crippen molar-refractivity contribution in [2.24, 2.45) is 0 Å². The van der Waals surface area contributed by atoms with Gasteiger partial charge in [-0.1, -0.05) is 53.6 Å². The van der Waals surface area contributed by atoms with Crippen LogP contribution in [0.4, 0.5) is 0 Å². The first-order chi connectivity index (χ1) is 9.63. The number of hydrogen-bond donors (Lipinski definition) is 1. The standard InChI is InChI=1S/C17H15ClO2/c1-11-4-2-5-12(8-11)9-15(19)16-10-13-6-3-7-14(18)17(13)20-16/h2-8,10,15,19H,9H2,1H3. The van der Waals surface area contributed by atoms with Gasteiger partial charge < -0.3 is 9.52 Å². The molecule has 1 unspecified atom stereocenters. The number of fused-ring (bicyclic) bond motifs is 1. The average Bonchev–Trinajstić information content (AvgIpc) is 2.84. The Labute approximate surface area is 122 Å². The van der Waals surface area contributed by atoms with E-state index in [0.29, 0.717) is 22.8 Å². The maximum absolute atomic E-state index is 10.3. The molecule has 3 heteroatoms. The van der Waals surface area contributed by atoms with Gasteiger partial charge in [0.05, 0.1) is 5.02 Å². The molecule has 0 bridgehead atoms. The first-order valence-electron chi connectivity index (χ1n) is 6.55. The van der Waals surface area contributed by atoms with Gasteiger partial charge in [0.15, 0.2) is 5.58 Å². The molecule has 0 spiro atoms. The zero-order valence-electron chi connectivity index (χ0n) is 11.1. The van der Waals surface area contributed by atoms with Crippen LogP contribution in [0.1, 0.15) is 23.0 Å². The highest BCUT2D eigenvalue weighted by molar-refractivity contribution is 6.34. The van der Waals surface area contributed by atoms with E-state index in [0.717, 1.165) is 10.9 Å². The second-order valence-electron chi connectivity index (χ2n) is 5.02. The minimum absolute atomic E-state index is 0.527. The van der Waals surface area contributed by atoms with Crippen molar-refractivity contribution in [2.45, 2.75) is 19.4 Å². The van der Waals surface area contributed by atoms with Crippen LogP contribution in [0.15, 0.2) is 52.9 Å². The Balaban J connectivity index is 1.89. The fraction of sp³-hybridized carbons (Fsp3) is 0.176. The fourth-order valence-electron chi connectivity index (χ4n) is 2.37. The molecule has 0 radical (unpaired) electrons. The molecule has 1 atom stereocenters. The fourth-order valence-corrected chi connectivity index (χ4v) is 2.60. The van der Waals surface area contributed by atoms with Crippen LogP contribution in [0, 0.1) is 6.92 Å². The van der Waals surface area contributed by atoms with E-state index in [4.69, 9.17) is 16.0 Å². The quantitative estimate of drug-likeness (QED) is 0.759. The number of hydrogen-bond acceptors (Lipinski definition) is 2. The van der Waals surface area contributed by atoms with Crippen LogP contribution in [-0.4, -0.2) is 5.11 Å². The lowest BCUT2D eigenvalue weighted by Crippen LogP contribution is -2.00. The van der Waals surface area contributed by atoms with Gasteiger partial charge in [-0.2, -0.15) is 0 Å². The number of halogens is 1. The molecular formula is C17H15ClO2. The molecule has 2 aromatic carbocycles. The molecular weight excluding hydrogens is 272 g/mol. The van der Waals surface area contributed by atoms with E-state index in [9.17, 15) is 5.11 Å². The topological polar surface area (TPSA) is 33.4 Å². The van der Waals surface area contributed by atoms with Crippen molar-refractivity contribution in [1.82, 2.24) is 0 Å². The van der Waals surface area contributed by atoms with Crippen molar-refractivity contribution in [1.29, 1.82) is 0 Å². The first kappa shape index (κ1) is 13.2. The van der Waals surface area contributed by atoms with Gasteiger partial charge in [-0.25, -0.2) is 0 Å². The minimum atomic E-state index is -0.666. The Hall–Kier alpha value is -1.77. The number of aryl methyl sites for hydroxylation is 1. The van der Waals surface area contributed by atoms with Gasteiger partial charge in [0, 0.05) is 11.8 Å². The molecule has 1 aromatic heterocycles. The lowest BCUT2D eigenvalue weighted by molar-refractivity contribution is 0.152. The molecule has 1 N–H and O–H groups in total. The molecule has 20 heavy (non-hydrogen) atoms. The van der Waals surface area contributed by atoms with E-state index in [1.807, 2.05) is 43.3 Å². The van der Waals surface area contributed by atoms with E-state index in [1.165, 1.54) is 5.56 Å². The molecule has 0 aliphatic rings. The number of para-hydroxylation sites is 1. The van der Waals surface area contributed by atoms with Crippen molar-refractivity contribution in [3.63, 3.8) is 0 Å². The van der Waals surface area contributed by atoms with Crippen LogP contribution in [-0.2, 0) is 6.42 Å². The molecule has 3 rings (SSSR count). The summed E-state index contributed by atoms with van der Waals surface area (Å²) < 4.78 is 5.68. The van der Waals surface area contributed by atoms with Gasteiger partial charge in [-0.15, -0.1) is 0 Å². The Kier molecular flexibility index (Phi) is 3.51. The molecule has 0 aliphatic carbocycles. The van der Waals surface area contributed by atoms with Crippen molar-refractivity contribution < 1.29 is 9.52 Å². The number of aliphatic hydroxyl groups excluding tert-OH is 1. The maximum Gasteiger partial charge on any atom is 0.152 e. The number of rotatable bonds is 3. The van der Waals surface area contributed by atoms with Crippen LogP contribution < -0.4 is 0 Å². The lowest BCUT2D eigenvalue weighted by atomic mass is 10.0. The van der Waals surface area contributed by atoms with Crippen molar-refractivity contribution in [3.8, 4) is 0 Å². The highest BCUT2D eigenvalue weighted by Gasteiger charge is 2.15. The average molecular weight is 287 g/mol. The highest BCUT2D eigenvalue weighted by atomic mass is 35.5. The molecule has 0 saturated carbocycles. The summed E-state index contributed by atoms with van der Waals surface area (Å²) in [4.78, 5) is 0. The van der Waals surface area contributed by atoms with E-state index in [2.05, 4.69) is 6.07 Å². The molecule has 0 saturated heterocycles. The molecule has 0 amide bonds. The normalized spacial score (nSPS) is 12.8. The third-order valence-electron chi connectivity index (χ3n) is 3.36. The molecule has 1 heterocycles. The second-order valence-corrected chi connectivity index (χ2v) is 5.42. The Morgan fingerprint density at radius 1 is 1.15 bits per heavy atom. The largest absolute Gasteiger partial charge is 0.457 e.